The Kier molecular flexibility index (Phi) is 5.57. The molecule has 0 saturated carbocycles. The molecule has 0 aliphatic heterocycles. The van der Waals surface area contributed by atoms with Crippen LogP contribution in [0.1, 0.15) is 35.8 Å². The first-order chi connectivity index (χ1) is 8.27. The van der Waals surface area contributed by atoms with Gasteiger partial charge in [-0.1, -0.05) is 44.2 Å². The number of ketones is 1. The molecule has 0 saturated heterocycles. The molecule has 2 rings (SSSR count). The topological polar surface area (TPSA) is 30.0 Å². The van der Waals surface area contributed by atoms with Crippen molar-refractivity contribution in [2.45, 2.75) is 27.2 Å². The van der Waals surface area contributed by atoms with E-state index in [0.29, 0.717) is 11.3 Å². The van der Waals surface area contributed by atoms with Crippen LogP contribution < -0.4 is 0 Å². The van der Waals surface area contributed by atoms with E-state index in [1.54, 1.807) is 5.38 Å². The van der Waals surface area contributed by atoms with E-state index in [4.69, 9.17) is 0 Å². The van der Waals surface area contributed by atoms with Crippen molar-refractivity contribution in [3.8, 4) is 0 Å². The highest BCUT2D eigenvalue weighted by Gasteiger charge is 2.12. The van der Waals surface area contributed by atoms with Gasteiger partial charge in [-0.05, 0) is 13.3 Å². The Morgan fingerprint density at radius 1 is 1.35 bits per heavy atom. The van der Waals surface area contributed by atoms with Crippen LogP contribution in [0.5, 0.6) is 0 Å². The quantitative estimate of drug-likeness (QED) is 0.736. The van der Waals surface area contributed by atoms with E-state index in [-0.39, 0.29) is 5.78 Å². The summed E-state index contributed by atoms with van der Waals surface area (Å²) in [7, 11) is 0. The smallest absolute Gasteiger partial charge is 0.212 e. The monoisotopic (exact) mass is 247 g/mol. The van der Waals surface area contributed by atoms with E-state index in [1.165, 1.54) is 11.3 Å². The van der Waals surface area contributed by atoms with Crippen LogP contribution in [0.2, 0.25) is 0 Å². The fourth-order valence-corrected chi connectivity index (χ4v) is 1.94. The van der Waals surface area contributed by atoms with Crippen LogP contribution in [0.15, 0.2) is 41.3 Å². The molecule has 2 nitrogen and oxygen atoms in total. The summed E-state index contributed by atoms with van der Waals surface area (Å²) < 4.78 is 0. The summed E-state index contributed by atoms with van der Waals surface area (Å²) in [4.78, 5) is 16.1. The largest absolute Gasteiger partial charge is 0.287 e. The van der Waals surface area contributed by atoms with Crippen LogP contribution in [-0.2, 0) is 0 Å². The van der Waals surface area contributed by atoms with Crippen LogP contribution in [0.4, 0.5) is 0 Å². The van der Waals surface area contributed by atoms with E-state index in [9.17, 15) is 4.79 Å². The van der Waals surface area contributed by atoms with Crippen LogP contribution in [0, 0.1) is 6.92 Å². The lowest BCUT2D eigenvalue weighted by Crippen LogP contribution is -2.01. The van der Waals surface area contributed by atoms with Crippen LogP contribution >= 0.6 is 11.3 Å². The van der Waals surface area contributed by atoms with Gasteiger partial charge in [0.05, 0.1) is 5.01 Å². The highest BCUT2D eigenvalue weighted by Crippen LogP contribution is 2.15. The molecule has 1 heterocycles. The van der Waals surface area contributed by atoms with Crippen molar-refractivity contribution >= 4 is 17.1 Å². The number of aryl methyl sites for hydroxylation is 1. The normalized spacial score (nSPS) is 13.5. The molecule has 0 spiro atoms. The molecule has 1 aromatic rings. The SMILES string of the molecule is CC.Cc1nc(C(=O)C2=CC=CCC=C2)cs1. The number of rotatable bonds is 2. The van der Waals surface area contributed by atoms with Crippen molar-refractivity contribution in [2.24, 2.45) is 0 Å². The highest BCUT2D eigenvalue weighted by atomic mass is 32.1. The fourth-order valence-electron chi connectivity index (χ4n) is 1.35. The Labute approximate surface area is 106 Å². The molecule has 0 atom stereocenters. The van der Waals surface area contributed by atoms with E-state index in [2.05, 4.69) is 4.98 Å². The maximum absolute atomic E-state index is 12.0. The standard InChI is InChI=1S/C12H11NOS.C2H6/c1-9-13-11(8-15-9)12(14)10-6-4-2-3-5-7-10;1-2/h2,4-8H,3H2,1H3;1-2H3. The van der Waals surface area contributed by atoms with E-state index >= 15 is 0 Å². The number of aromatic nitrogens is 1. The average molecular weight is 247 g/mol. The number of hydrogen-bond acceptors (Lipinski definition) is 3. The summed E-state index contributed by atoms with van der Waals surface area (Å²) >= 11 is 1.50. The van der Waals surface area contributed by atoms with Gasteiger partial charge >= 0.3 is 0 Å². The number of nitrogens with zero attached hydrogens (tertiary/aromatic N) is 1. The number of carbonyl (C=O) groups excluding carboxylic acids is 1. The maximum atomic E-state index is 12.0. The van der Waals surface area contributed by atoms with Gasteiger partial charge in [0, 0.05) is 11.0 Å². The van der Waals surface area contributed by atoms with Crippen molar-refractivity contribution in [3.63, 3.8) is 0 Å². The van der Waals surface area contributed by atoms with Gasteiger partial charge in [-0.25, -0.2) is 4.98 Å². The van der Waals surface area contributed by atoms with Crippen LogP contribution in [0.3, 0.4) is 0 Å². The summed E-state index contributed by atoms with van der Waals surface area (Å²) in [5.41, 5.74) is 1.25. The lowest BCUT2D eigenvalue weighted by molar-refractivity contribution is 0.103. The highest BCUT2D eigenvalue weighted by molar-refractivity contribution is 7.09. The molecular formula is C14H17NOS. The molecule has 3 heteroatoms. The van der Waals surface area contributed by atoms with Gasteiger partial charge in [0.1, 0.15) is 5.69 Å². The van der Waals surface area contributed by atoms with Crippen molar-refractivity contribution in [1.82, 2.24) is 4.98 Å². The van der Waals surface area contributed by atoms with Crippen molar-refractivity contribution in [2.75, 3.05) is 0 Å². The van der Waals surface area contributed by atoms with Crippen molar-refractivity contribution in [3.05, 3.63) is 52.0 Å². The third-order valence-electron chi connectivity index (χ3n) is 2.10. The molecule has 1 aliphatic rings. The molecule has 0 bridgehead atoms. The summed E-state index contributed by atoms with van der Waals surface area (Å²) in [5, 5.41) is 2.73. The molecular weight excluding hydrogens is 230 g/mol. The van der Waals surface area contributed by atoms with Gasteiger partial charge in [0.25, 0.3) is 0 Å². The molecule has 17 heavy (non-hydrogen) atoms. The Morgan fingerprint density at radius 2 is 2.12 bits per heavy atom. The molecule has 90 valence electrons. The van der Waals surface area contributed by atoms with Gasteiger partial charge in [0.15, 0.2) is 0 Å². The third-order valence-corrected chi connectivity index (χ3v) is 2.87. The van der Waals surface area contributed by atoms with E-state index in [0.717, 1.165) is 11.4 Å². The summed E-state index contributed by atoms with van der Waals surface area (Å²) in [6.07, 6.45) is 10.5. The van der Waals surface area contributed by atoms with E-state index < -0.39 is 0 Å². The second kappa shape index (κ2) is 6.97. The minimum atomic E-state index is 0.00199. The number of allylic oxidation sites excluding steroid dienone is 6. The first-order valence-electron chi connectivity index (χ1n) is 5.77. The van der Waals surface area contributed by atoms with Crippen molar-refractivity contribution < 1.29 is 4.79 Å². The van der Waals surface area contributed by atoms with Gasteiger partial charge in [-0.15, -0.1) is 11.3 Å². The Hall–Kier alpha value is -1.48. The average Bonchev–Trinajstić information content (AvgIpc) is 2.64. The molecule has 1 aromatic heterocycles. The predicted molar refractivity (Wildman–Crippen MR) is 73.5 cm³/mol. The Morgan fingerprint density at radius 3 is 2.76 bits per heavy atom. The molecule has 0 fully saturated rings. The maximum Gasteiger partial charge on any atom is 0.212 e. The zero-order valence-corrected chi connectivity index (χ0v) is 11.3. The second-order valence-electron chi connectivity index (χ2n) is 3.27. The van der Waals surface area contributed by atoms with E-state index in [1.807, 2.05) is 51.2 Å². The fraction of sp³-hybridized carbons (Fsp3) is 0.286. The third kappa shape index (κ3) is 3.79. The summed E-state index contributed by atoms with van der Waals surface area (Å²) in [6, 6.07) is 0. The molecule has 1 aliphatic carbocycles. The van der Waals surface area contributed by atoms with Crippen LogP contribution in [0.25, 0.3) is 0 Å². The zero-order valence-electron chi connectivity index (χ0n) is 10.4. The zero-order chi connectivity index (χ0) is 12.7. The lowest BCUT2D eigenvalue weighted by atomic mass is 10.1. The van der Waals surface area contributed by atoms with Crippen molar-refractivity contribution in [1.29, 1.82) is 0 Å². The number of carbonyl (C=O) groups is 1. The number of Topliss-reactive ketones (excluding diaryl/α,β-unsaturated/α-hetero) is 1. The van der Waals surface area contributed by atoms with Gasteiger partial charge in [0.2, 0.25) is 5.78 Å². The van der Waals surface area contributed by atoms with Gasteiger partial charge < -0.3 is 0 Å². The van der Waals surface area contributed by atoms with Crippen LogP contribution in [-0.4, -0.2) is 10.8 Å². The lowest BCUT2D eigenvalue weighted by Gasteiger charge is -1.95. The Bertz CT molecular complexity index is 466. The summed E-state index contributed by atoms with van der Waals surface area (Å²) in [5.74, 6) is 0.00199. The second-order valence-corrected chi connectivity index (χ2v) is 4.33. The molecule has 0 amide bonds. The number of hydrogen-bond donors (Lipinski definition) is 0. The molecule has 0 radical (unpaired) electrons. The van der Waals surface area contributed by atoms with Gasteiger partial charge in [-0.2, -0.15) is 0 Å². The first kappa shape index (κ1) is 13.6. The minimum Gasteiger partial charge on any atom is -0.287 e. The Balaban J connectivity index is 0.000000686. The van der Waals surface area contributed by atoms with Gasteiger partial charge in [-0.3, -0.25) is 4.79 Å². The molecule has 0 unspecified atom stereocenters. The number of thiazole rings is 1. The first-order valence-corrected chi connectivity index (χ1v) is 6.65. The molecule has 0 N–H and O–H groups in total. The molecule has 0 aromatic carbocycles. The minimum absolute atomic E-state index is 0.00199. The predicted octanol–water partition coefficient (Wildman–Crippen LogP) is 4.10. The summed E-state index contributed by atoms with van der Waals surface area (Å²) in [6.45, 7) is 5.90.